The summed E-state index contributed by atoms with van der Waals surface area (Å²) in [7, 11) is 0. The minimum absolute atomic E-state index is 0.0463. The van der Waals surface area contributed by atoms with Crippen molar-refractivity contribution < 1.29 is 33.2 Å². The van der Waals surface area contributed by atoms with Crippen LogP contribution in [0.15, 0.2) is 0 Å². The van der Waals surface area contributed by atoms with Gasteiger partial charge in [0.25, 0.3) is 0 Å². The zero-order chi connectivity index (χ0) is 20.5. The van der Waals surface area contributed by atoms with E-state index in [1.54, 1.807) is 0 Å². The summed E-state index contributed by atoms with van der Waals surface area (Å²) in [6.45, 7) is 11.3. The summed E-state index contributed by atoms with van der Waals surface area (Å²) in [5.74, 6) is -0.127. The van der Waals surface area contributed by atoms with Crippen LogP contribution < -0.4 is 5.32 Å². The Kier molecular flexibility index (Phi) is 23.6. The highest BCUT2D eigenvalue weighted by atomic mass is 16.5. The molecule has 0 aromatic carbocycles. The number of amides is 1. The van der Waals surface area contributed by atoms with E-state index in [9.17, 15) is 4.79 Å². The van der Waals surface area contributed by atoms with Gasteiger partial charge >= 0.3 is 0 Å². The Bertz CT molecular complexity index is 319. The fourth-order valence-electron chi connectivity index (χ4n) is 1.99. The lowest BCUT2D eigenvalue weighted by Crippen LogP contribution is -2.29. The van der Waals surface area contributed by atoms with Gasteiger partial charge in [0.15, 0.2) is 0 Å². The normalized spacial score (nSPS) is 11.1. The highest BCUT2D eigenvalue weighted by molar-refractivity contribution is 5.77. The Labute approximate surface area is 170 Å². The summed E-state index contributed by atoms with van der Waals surface area (Å²) >= 11 is 0. The van der Waals surface area contributed by atoms with Crippen molar-refractivity contribution in [2.75, 3.05) is 85.8 Å². The maximum atomic E-state index is 11.6. The molecular weight excluding hydrogens is 366 g/mol. The van der Waals surface area contributed by atoms with Crippen LogP contribution in [0.3, 0.4) is 0 Å². The van der Waals surface area contributed by atoms with Gasteiger partial charge in [0.1, 0.15) is 6.61 Å². The van der Waals surface area contributed by atoms with Gasteiger partial charge in [-0.3, -0.25) is 4.79 Å². The third kappa shape index (κ3) is 23.3. The Morgan fingerprint density at radius 1 is 0.571 bits per heavy atom. The van der Waals surface area contributed by atoms with E-state index < -0.39 is 0 Å². The highest BCUT2D eigenvalue weighted by Gasteiger charge is 2.00. The quantitative estimate of drug-likeness (QED) is 0.259. The number of hydrogen-bond donors (Lipinski definition) is 1. The Morgan fingerprint density at radius 3 is 1.57 bits per heavy atom. The van der Waals surface area contributed by atoms with Crippen molar-refractivity contribution in [1.82, 2.24) is 5.32 Å². The van der Waals surface area contributed by atoms with E-state index in [1.165, 1.54) is 0 Å². The summed E-state index contributed by atoms with van der Waals surface area (Å²) in [5, 5.41) is 2.79. The molecule has 0 unspecified atom stereocenters. The largest absolute Gasteiger partial charge is 0.379 e. The van der Waals surface area contributed by atoms with E-state index >= 15 is 0 Å². The number of nitrogens with one attached hydrogen (secondary N) is 1. The molecule has 1 N–H and O–H groups in total. The molecule has 0 saturated heterocycles. The van der Waals surface area contributed by atoms with Crippen molar-refractivity contribution in [2.24, 2.45) is 0 Å². The summed E-state index contributed by atoms with van der Waals surface area (Å²) in [4.78, 5) is 11.6. The maximum absolute atomic E-state index is 11.6. The van der Waals surface area contributed by atoms with Crippen LogP contribution >= 0.6 is 0 Å². The Hall–Kier alpha value is -0.770. The molecule has 168 valence electrons. The van der Waals surface area contributed by atoms with Crippen LogP contribution in [0.2, 0.25) is 0 Å². The van der Waals surface area contributed by atoms with Crippen LogP contribution in [0.4, 0.5) is 0 Å². The minimum atomic E-state index is -0.127. The summed E-state index contributed by atoms with van der Waals surface area (Å²) in [6, 6.07) is 0. The average Bonchev–Trinajstić information content (AvgIpc) is 2.70. The smallest absolute Gasteiger partial charge is 0.246 e. The third-order valence-electron chi connectivity index (χ3n) is 3.50. The molecule has 0 fully saturated rings. The molecule has 0 heterocycles. The van der Waals surface area contributed by atoms with Crippen molar-refractivity contribution in [3.63, 3.8) is 0 Å². The molecule has 0 bridgehead atoms. The number of rotatable bonds is 23. The second-order valence-corrected chi connectivity index (χ2v) is 6.17. The van der Waals surface area contributed by atoms with Crippen LogP contribution in [0, 0.1) is 0 Å². The molecule has 0 saturated carbocycles. The van der Waals surface area contributed by atoms with Gasteiger partial charge in [-0.2, -0.15) is 0 Å². The van der Waals surface area contributed by atoms with Crippen molar-refractivity contribution >= 4 is 5.91 Å². The molecule has 8 nitrogen and oxygen atoms in total. The molecule has 28 heavy (non-hydrogen) atoms. The monoisotopic (exact) mass is 407 g/mol. The molecular formula is C20H41NO7. The molecule has 0 aliphatic carbocycles. The zero-order valence-corrected chi connectivity index (χ0v) is 17.9. The summed E-state index contributed by atoms with van der Waals surface area (Å²) in [6.07, 6.45) is 4.00. The van der Waals surface area contributed by atoms with Crippen LogP contribution in [0.5, 0.6) is 0 Å². The van der Waals surface area contributed by atoms with Gasteiger partial charge in [-0.25, -0.2) is 0 Å². The van der Waals surface area contributed by atoms with Gasteiger partial charge < -0.3 is 33.7 Å². The Morgan fingerprint density at radius 2 is 1.04 bits per heavy atom. The lowest BCUT2D eigenvalue weighted by atomic mass is 10.4. The first-order valence-corrected chi connectivity index (χ1v) is 10.5. The van der Waals surface area contributed by atoms with Gasteiger partial charge in [0.2, 0.25) is 5.91 Å². The highest BCUT2D eigenvalue weighted by Crippen LogP contribution is 1.89. The van der Waals surface area contributed by atoms with E-state index in [1.807, 2.05) is 0 Å². The molecule has 0 radical (unpaired) electrons. The predicted molar refractivity (Wildman–Crippen MR) is 108 cm³/mol. The number of carbonyl (C=O) groups is 1. The van der Waals surface area contributed by atoms with E-state index in [2.05, 4.69) is 19.2 Å². The lowest BCUT2D eigenvalue weighted by molar-refractivity contribution is -0.126. The van der Waals surface area contributed by atoms with E-state index in [0.29, 0.717) is 66.0 Å². The molecule has 0 aliphatic rings. The number of unbranched alkanes of at least 4 members (excludes halogenated alkanes) is 1. The lowest BCUT2D eigenvalue weighted by Gasteiger charge is -2.08. The first-order chi connectivity index (χ1) is 13.8. The molecule has 0 aliphatic heterocycles. The number of hydrogen-bond acceptors (Lipinski definition) is 7. The third-order valence-corrected chi connectivity index (χ3v) is 3.50. The van der Waals surface area contributed by atoms with E-state index in [4.69, 9.17) is 28.4 Å². The topological polar surface area (TPSA) is 84.5 Å². The summed E-state index contributed by atoms with van der Waals surface area (Å²) < 4.78 is 32.1. The van der Waals surface area contributed by atoms with Gasteiger partial charge in [-0.05, 0) is 19.3 Å². The van der Waals surface area contributed by atoms with Crippen molar-refractivity contribution in [2.45, 2.75) is 39.5 Å². The molecule has 0 atom stereocenters. The van der Waals surface area contributed by atoms with Crippen LogP contribution in [0.1, 0.15) is 39.5 Å². The first kappa shape index (κ1) is 27.2. The fraction of sp³-hybridized carbons (Fsp3) is 0.950. The fourth-order valence-corrected chi connectivity index (χ4v) is 1.99. The number of ether oxygens (including phenoxy) is 6. The van der Waals surface area contributed by atoms with E-state index in [-0.39, 0.29) is 12.5 Å². The molecule has 0 spiro atoms. The van der Waals surface area contributed by atoms with Crippen molar-refractivity contribution in [3.05, 3.63) is 0 Å². The zero-order valence-electron chi connectivity index (χ0n) is 17.9. The maximum Gasteiger partial charge on any atom is 0.246 e. The SMILES string of the molecule is CCCCOCCOCCOCCCNC(=O)COCCOCCOCCC. The molecule has 1 amide bonds. The molecule has 0 aromatic heterocycles. The average molecular weight is 408 g/mol. The molecule has 0 rings (SSSR count). The Balaban J connectivity index is 3.13. The van der Waals surface area contributed by atoms with E-state index in [0.717, 1.165) is 38.9 Å². The van der Waals surface area contributed by atoms with Gasteiger partial charge in [-0.1, -0.05) is 20.3 Å². The van der Waals surface area contributed by atoms with Crippen molar-refractivity contribution in [3.8, 4) is 0 Å². The minimum Gasteiger partial charge on any atom is -0.379 e. The van der Waals surface area contributed by atoms with Gasteiger partial charge in [0, 0.05) is 26.4 Å². The van der Waals surface area contributed by atoms with Crippen LogP contribution in [-0.2, 0) is 33.2 Å². The predicted octanol–water partition coefficient (Wildman–Crippen LogP) is 1.80. The molecule has 0 aromatic rings. The first-order valence-electron chi connectivity index (χ1n) is 10.5. The summed E-state index contributed by atoms with van der Waals surface area (Å²) in [5.41, 5.74) is 0. The van der Waals surface area contributed by atoms with Crippen LogP contribution in [0.25, 0.3) is 0 Å². The second kappa shape index (κ2) is 24.3. The van der Waals surface area contributed by atoms with Gasteiger partial charge in [0.05, 0.1) is 52.9 Å². The standard InChI is InChI=1S/C20H41NO7/c1-3-5-9-24-12-15-26-16-13-25-10-6-7-21-20(22)19-28-18-17-27-14-11-23-8-4-2/h3-19H2,1-2H3,(H,21,22). The number of carbonyl (C=O) groups excluding carboxylic acids is 1. The molecule has 8 heteroatoms. The van der Waals surface area contributed by atoms with Gasteiger partial charge in [-0.15, -0.1) is 0 Å². The van der Waals surface area contributed by atoms with Crippen LogP contribution in [-0.4, -0.2) is 91.7 Å². The van der Waals surface area contributed by atoms with Crippen molar-refractivity contribution in [1.29, 1.82) is 0 Å². The second-order valence-electron chi connectivity index (χ2n) is 6.17.